The van der Waals surface area contributed by atoms with Gasteiger partial charge >= 0.3 is 0 Å². The average molecular weight is 388 g/mol. The highest BCUT2D eigenvalue weighted by Crippen LogP contribution is 2.28. The van der Waals surface area contributed by atoms with Gasteiger partial charge in [0.25, 0.3) is 5.91 Å². The Labute approximate surface area is 160 Å². The maximum absolute atomic E-state index is 12.6. The van der Waals surface area contributed by atoms with Gasteiger partial charge in [-0.15, -0.1) is 0 Å². The normalized spacial score (nSPS) is 16.0. The highest BCUT2D eigenvalue weighted by molar-refractivity contribution is 7.92. The molecule has 0 atom stereocenters. The Bertz CT molecular complexity index is 941. The number of rotatable bonds is 5. The van der Waals surface area contributed by atoms with Crippen molar-refractivity contribution in [1.29, 1.82) is 0 Å². The first-order chi connectivity index (χ1) is 12.9. The molecule has 1 heterocycles. The Kier molecular flexibility index (Phi) is 5.70. The Balaban J connectivity index is 1.77. The third-order valence-corrected chi connectivity index (χ3v) is 6.53. The molecule has 27 heavy (non-hydrogen) atoms. The first kappa shape index (κ1) is 19.2. The number of ether oxygens (including phenoxy) is 1. The lowest BCUT2D eigenvalue weighted by molar-refractivity contribution is 0.0951. The van der Waals surface area contributed by atoms with E-state index in [9.17, 15) is 13.2 Å². The number of nitrogens with zero attached hydrogens (tertiary/aromatic N) is 1. The van der Waals surface area contributed by atoms with E-state index in [1.54, 1.807) is 25.3 Å². The number of hydrogen-bond acceptors (Lipinski definition) is 4. The molecule has 0 aromatic heterocycles. The van der Waals surface area contributed by atoms with Gasteiger partial charge in [-0.25, -0.2) is 8.42 Å². The van der Waals surface area contributed by atoms with Gasteiger partial charge in [0, 0.05) is 18.7 Å². The van der Waals surface area contributed by atoms with Crippen LogP contribution >= 0.6 is 0 Å². The van der Waals surface area contributed by atoms with Gasteiger partial charge in [-0.2, -0.15) is 0 Å². The minimum absolute atomic E-state index is 0.151. The lowest BCUT2D eigenvalue weighted by Gasteiger charge is -2.29. The lowest BCUT2D eigenvalue weighted by atomic mass is 10.1. The molecular formula is C20H24N2O4S. The second-order valence-electron chi connectivity index (χ2n) is 6.63. The summed E-state index contributed by atoms with van der Waals surface area (Å²) in [5.74, 6) is 0.641. The molecule has 0 radical (unpaired) electrons. The average Bonchev–Trinajstić information content (AvgIpc) is 2.66. The molecule has 7 heteroatoms. The summed E-state index contributed by atoms with van der Waals surface area (Å²) in [5, 5.41) is 2.87. The summed E-state index contributed by atoms with van der Waals surface area (Å²) >= 11 is 0. The van der Waals surface area contributed by atoms with Crippen LogP contribution in [-0.4, -0.2) is 33.7 Å². The zero-order chi connectivity index (χ0) is 19.4. The second-order valence-corrected chi connectivity index (χ2v) is 8.64. The Hall–Kier alpha value is -2.54. The van der Waals surface area contributed by atoms with Crippen LogP contribution in [-0.2, 0) is 16.6 Å². The fourth-order valence-corrected chi connectivity index (χ4v) is 4.84. The number of carbonyl (C=O) groups is 1. The molecule has 6 nitrogen and oxygen atoms in total. The summed E-state index contributed by atoms with van der Waals surface area (Å²) in [6.45, 7) is 2.68. The van der Waals surface area contributed by atoms with E-state index in [-0.39, 0.29) is 11.7 Å². The fourth-order valence-electron chi connectivity index (χ4n) is 3.15. The van der Waals surface area contributed by atoms with Gasteiger partial charge in [0.2, 0.25) is 10.0 Å². The highest BCUT2D eigenvalue weighted by atomic mass is 32.2. The van der Waals surface area contributed by atoms with Crippen LogP contribution in [0.1, 0.15) is 34.3 Å². The predicted molar refractivity (Wildman–Crippen MR) is 106 cm³/mol. The molecular weight excluding hydrogens is 364 g/mol. The SMILES string of the molecule is COc1cccc(CNC(=O)c2ccc(C)c(N3CCCCS3(=O)=O)c2)c1. The third-order valence-electron chi connectivity index (χ3n) is 4.68. The Morgan fingerprint density at radius 2 is 2.00 bits per heavy atom. The van der Waals surface area contributed by atoms with Crippen molar-refractivity contribution in [3.63, 3.8) is 0 Å². The van der Waals surface area contributed by atoms with Crippen LogP contribution in [0.3, 0.4) is 0 Å². The summed E-state index contributed by atoms with van der Waals surface area (Å²) in [6.07, 6.45) is 1.50. The van der Waals surface area contributed by atoms with E-state index in [1.807, 2.05) is 31.2 Å². The van der Waals surface area contributed by atoms with Gasteiger partial charge < -0.3 is 10.1 Å². The molecule has 0 bridgehead atoms. The molecule has 0 aliphatic carbocycles. The topological polar surface area (TPSA) is 75.7 Å². The number of nitrogens with one attached hydrogen (secondary N) is 1. The molecule has 1 saturated heterocycles. The maximum Gasteiger partial charge on any atom is 0.251 e. The summed E-state index contributed by atoms with van der Waals surface area (Å²) < 4.78 is 31.4. The molecule has 1 fully saturated rings. The maximum atomic E-state index is 12.6. The van der Waals surface area contributed by atoms with Crippen molar-refractivity contribution in [3.8, 4) is 5.75 Å². The van der Waals surface area contributed by atoms with Crippen molar-refractivity contribution in [3.05, 3.63) is 59.2 Å². The van der Waals surface area contributed by atoms with Gasteiger partial charge in [0.05, 0.1) is 18.6 Å². The molecule has 0 unspecified atom stereocenters. The predicted octanol–water partition coefficient (Wildman–Crippen LogP) is 2.86. The first-order valence-corrected chi connectivity index (χ1v) is 10.5. The minimum atomic E-state index is -3.32. The Morgan fingerprint density at radius 1 is 1.19 bits per heavy atom. The van der Waals surface area contributed by atoms with E-state index in [2.05, 4.69) is 5.32 Å². The van der Waals surface area contributed by atoms with E-state index in [0.29, 0.717) is 30.8 Å². The van der Waals surface area contributed by atoms with Crippen LogP contribution in [0.25, 0.3) is 0 Å². The van der Waals surface area contributed by atoms with Crippen molar-refractivity contribution >= 4 is 21.6 Å². The molecule has 3 rings (SSSR count). The zero-order valence-corrected chi connectivity index (χ0v) is 16.4. The van der Waals surface area contributed by atoms with Crippen LogP contribution < -0.4 is 14.4 Å². The second kappa shape index (κ2) is 8.00. The molecule has 1 N–H and O–H groups in total. The molecule has 144 valence electrons. The number of amides is 1. The third kappa shape index (κ3) is 4.42. The van der Waals surface area contributed by atoms with Crippen LogP contribution in [0, 0.1) is 6.92 Å². The Morgan fingerprint density at radius 3 is 2.74 bits per heavy atom. The lowest BCUT2D eigenvalue weighted by Crippen LogP contribution is -2.38. The van der Waals surface area contributed by atoms with Crippen molar-refractivity contribution in [2.45, 2.75) is 26.3 Å². The molecule has 1 aliphatic rings. The quantitative estimate of drug-likeness (QED) is 0.855. The van der Waals surface area contributed by atoms with Crippen LogP contribution in [0.4, 0.5) is 5.69 Å². The van der Waals surface area contributed by atoms with E-state index in [4.69, 9.17) is 4.74 Å². The number of hydrogen-bond donors (Lipinski definition) is 1. The number of aryl methyl sites for hydroxylation is 1. The summed E-state index contributed by atoms with van der Waals surface area (Å²) in [4.78, 5) is 12.6. The van der Waals surface area contributed by atoms with Crippen LogP contribution in [0.5, 0.6) is 5.75 Å². The molecule has 2 aromatic rings. The first-order valence-electron chi connectivity index (χ1n) is 8.93. The smallest absolute Gasteiger partial charge is 0.251 e. The van der Waals surface area contributed by atoms with Crippen LogP contribution in [0.15, 0.2) is 42.5 Å². The number of methoxy groups -OCH3 is 1. The van der Waals surface area contributed by atoms with E-state index < -0.39 is 10.0 Å². The summed E-state index contributed by atoms with van der Waals surface area (Å²) in [5.41, 5.74) is 2.79. The van der Waals surface area contributed by atoms with Gasteiger partial charge in [-0.05, 0) is 55.2 Å². The number of carbonyl (C=O) groups excluding carboxylic acids is 1. The monoisotopic (exact) mass is 388 g/mol. The minimum Gasteiger partial charge on any atom is -0.497 e. The zero-order valence-electron chi connectivity index (χ0n) is 15.6. The van der Waals surface area contributed by atoms with Gasteiger partial charge in [-0.3, -0.25) is 9.10 Å². The van der Waals surface area contributed by atoms with Gasteiger partial charge in [0.15, 0.2) is 0 Å². The fraction of sp³-hybridized carbons (Fsp3) is 0.350. The number of anilines is 1. The standard InChI is InChI=1S/C20H24N2O4S/c1-15-8-9-17(13-19(15)22-10-3-4-11-27(22,24)25)20(23)21-14-16-6-5-7-18(12-16)26-2/h5-9,12-13H,3-4,10-11,14H2,1-2H3,(H,21,23). The van der Waals surface area contributed by atoms with Crippen molar-refractivity contribution in [2.24, 2.45) is 0 Å². The molecule has 0 saturated carbocycles. The molecule has 2 aromatic carbocycles. The summed E-state index contributed by atoms with van der Waals surface area (Å²) in [6, 6.07) is 12.7. The number of benzene rings is 2. The molecule has 1 aliphatic heterocycles. The van der Waals surface area contributed by atoms with Crippen molar-refractivity contribution in [1.82, 2.24) is 5.32 Å². The molecule has 1 amide bonds. The molecule has 0 spiro atoms. The number of sulfonamides is 1. The van der Waals surface area contributed by atoms with Crippen molar-refractivity contribution < 1.29 is 17.9 Å². The van der Waals surface area contributed by atoms with E-state index in [1.165, 1.54) is 4.31 Å². The van der Waals surface area contributed by atoms with E-state index >= 15 is 0 Å². The summed E-state index contributed by atoms with van der Waals surface area (Å²) in [7, 11) is -1.72. The van der Waals surface area contributed by atoms with Gasteiger partial charge in [-0.1, -0.05) is 18.2 Å². The van der Waals surface area contributed by atoms with Crippen LogP contribution in [0.2, 0.25) is 0 Å². The van der Waals surface area contributed by atoms with Crippen molar-refractivity contribution in [2.75, 3.05) is 23.7 Å². The van der Waals surface area contributed by atoms with Gasteiger partial charge in [0.1, 0.15) is 5.75 Å². The van der Waals surface area contributed by atoms with E-state index in [0.717, 1.165) is 23.3 Å². The highest BCUT2D eigenvalue weighted by Gasteiger charge is 2.27. The largest absolute Gasteiger partial charge is 0.497 e.